The summed E-state index contributed by atoms with van der Waals surface area (Å²) in [6.07, 6.45) is 5.17. The van der Waals surface area contributed by atoms with Gasteiger partial charge in [-0.1, -0.05) is 12.2 Å². The molecule has 0 saturated carbocycles. The molecule has 0 bridgehead atoms. The minimum atomic E-state index is 0. The topological polar surface area (TPSA) is 12.0 Å². The Morgan fingerprint density at radius 1 is 1.44 bits per heavy atom. The third-order valence-electron chi connectivity index (χ3n) is 1.88. The Morgan fingerprint density at radius 3 is 2.67 bits per heavy atom. The Kier molecular flexibility index (Phi) is 2.06. The third-order valence-corrected chi connectivity index (χ3v) is 1.88. The molecule has 1 rings (SSSR count). The molecule has 0 aromatic carbocycles. The maximum atomic E-state index is 3.75. The summed E-state index contributed by atoms with van der Waals surface area (Å²) in [4.78, 5) is 0. The molecule has 0 amide bonds. The van der Waals surface area contributed by atoms with Crippen molar-refractivity contribution in [2.75, 3.05) is 6.54 Å². The fraction of sp³-hybridized carbons (Fsp3) is 0.500. The van der Waals surface area contributed by atoms with Crippen LogP contribution in [0.5, 0.6) is 0 Å². The minimum Gasteiger partial charge on any atom is -0.310 e. The molecule has 52 valence electrons. The summed E-state index contributed by atoms with van der Waals surface area (Å²) in [5, 5.41) is 3.32. The molecule has 1 aliphatic rings. The first-order valence-corrected chi connectivity index (χ1v) is 3.37. The lowest BCUT2D eigenvalue weighted by Crippen LogP contribution is -2.22. The molecule has 9 heavy (non-hydrogen) atoms. The van der Waals surface area contributed by atoms with Crippen molar-refractivity contribution in [3.8, 4) is 0 Å². The molecule has 1 N–H and O–H groups in total. The van der Waals surface area contributed by atoms with Gasteiger partial charge in [-0.25, -0.2) is 0 Å². The van der Waals surface area contributed by atoms with E-state index in [9.17, 15) is 0 Å². The molecule has 1 saturated heterocycles. The highest BCUT2D eigenvalue weighted by Gasteiger charge is 2.20. The fourth-order valence-electron chi connectivity index (χ4n) is 1.27. The van der Waals surface area contributed by atoms with Crippen molar-refractivity contribution in [3.05, 3.63) is 25.3 Å². The summed E-state index contributed by atoms with van der Waals surface area (Å²) >= 11 is 0. The predicted molar refractivity (Wildman–Crippen MR) is 42.4 cm³/mol. The Bertz CT molecular complexity index is 108. The standard InChI is InChI=1S/C8H13N.H2/c1-3-7-5-6-9-8(7)4-2;/h3-4,7-9H,1-2,5-6H2;1H. The van der Waals surface area contributed by atoms with E-state index < -0.39 is 0 Å². The minimum absolute atomic E-state index is 0. The molecule has 1 fully saturated rings. The van der Waals surface area contributed by atoms with E-state index in [1.165, 1.54) is 6.42 Å². The molecule has 0 aromatic heterocycles. The average molecular weight is 125 g/mol. The molecule has 0 spiro atoms. The fourth-order valence-corrected chi connectivity index (χ4v) is 1.27. The largest absolute Gasteiger partial charge is 0.310 e. The highest BCUT2D eigenvalue weighted by atomic mass is 14.9. The van der Waals surface area contributed by atoms with Crippen molar-refractivity contribution in [1.29, 1.82) is 0 Å². The Balaban J connectivity index is 0.000000810. The summed E-state index contributed by atoms with van der Waals surface area (Å²) in [6.45, 7) is 8.59. The van der Waals surface area contributed by atoms with Crippen LogP contribution in [0.3, 0.4) is 0 Å². The molecular formula is C8H15N. The summed E-state index contributed by atoms with van der Waals surface area (Å²) in [5.74, 6) is 0.613. The monoisotopic (exact) mass is 125 g/mol. The van der Waals surface area contributed by atoms with Crippen LogP contribution in [0.1, 0.15) is 7.85 Å². The molecule has 0 aromatic rings. The lowest BCUT2D eigenvalue weighted by molar-refractivity contribution is 0.621. The van der Waals surface area contributed by atoms with Crippen molar-refractivity contribution < 1.29 is 1.43 Å². The summed E-state index contributed by atoms with van der Waals surface area (Å²) in [6, 6.07) is 0.475. The van der Waals surface area contributed by atoms with Crippen LogP contribution in [0.2, 0.25) is 0 Å². The lowest BCUT2D eigenvalue weighted by Gasteiger charge is -2.09. The van der Waals surface area contributed by atoms with Gasteiger partial charge in [0, 0.05) is 7.47 Å². The summed E-state index contributed by atoms with van der Waals surface area (Å²) in [7, 11) is 0. The normalized spacial score (nSPS) is 34.2. The molecule has 1 heteroatoms. The molecular weight excluding hydrogens is 110 g/mol. The second-order valence-electron chi connectivity index (χ2n) is 2.40. The van der Waals surface area contributed by atoms with Gasteiger partial charge in [0.1, 0.15) is 0 Å². The highest BCUT2D eigenvalue weighted by molar-refractivity contribution is 5.02. The predicted octanol–water partition coefficient (Wildman–Crippen LogP) is 1.58. The first kappa shape index (κ1) is 6.56. The van der Waals surface area contributed by atoms with Crippen molar-refractivity contribution >= 4 is 0 Å². The number of hydrogen-bond acceptors (Lipinski definition) is 1. The van der Waals surface area contributed by atoms with E-state index in [1.54, 1.807) is 0 Å². The summed E-state index contributed by atoms with van der Waals surface area (Å²) in [5.41, 5.74) is 0. The molecule has 1 aliphatic heterocycles. The van der Waals surface area contributed by atoms with Crippen LogP contribution >= 0.6 is 0 Å². The quantitative estimate of drug-likeness (QED) is 0.552. The first-order valence-electron chi connectivity index (χ1n) is 3.37. The van der Waals surface area contributed by atoms with Gasteiger partial charge in [-0.15, -0.1) is 13.2 Å². The van der Waals surface area contributed by atoms with Gasteiger partial charge in [0.25, 0.3) is 0 Å². The zero-order chi connectivity index (χ0) is 6.69. The Hall–Kier alpha value is -0.560. The Labute approximate surface area is 57.9 Å². The van der Waals surface area contributed by atoms with Gasteiger partial charge in [0.15, 0.2) is 0 Å². The van der Waals surface area contributed by atoms with E-state index in [-0.39, 0.29) is 1.43 Å². The van der Waals surface area contributed by atoms with Gasteiger partial charge in [0.2, 0.25) is 0 Å². The SMILES string of the molecule is C=CC1CCNC1C=C.[HH]. The van der Waals surface area contributed by atoms with Gasteiger partial charge in [0.05, 0.1) is 0 Å². The van der Waals surface area contributed by atoms with E-state index in [1.807, 2.05) is 12.2 Å². The van der Waals surface area contributed by atoms with Crippen LogP contribution in [0, 0.1) is 5.92 Å². The average Bonchev–Trinajstić information content (AvgIpc) is 2.33. The third kappa shape index (κ3) is 1.22. The molecule has 0 radical (unpaired) electrons. The molecule has 1 nitrogen and oxygen atoms in total. The molecule has 0 aliphatic carbocycles. The van der Waals surface area contributed by atoms with Crippen LogP contribution in [-0.2, 0) is 0 Å². The van der Waals surface area contributed by atoms with E-state index in [2.05, 4.69) is 18.5 Å². The van der Waals surface area contributed by atoms with Crippen LogP contribution in [-0.4, -0.2) is 12.6 Å². The van der Waals surface area contributed by atoms with E-state index in [0.29, 0.717) is 12.0 Å². The van der Waals surface area contributed by atoms with Crippen LogP contribution in [0.15, 0.2) is 25.3 Å². The van der Waals surface area contributed by atoms with Gasteiger partial charge >= 0.3 is 0 Å². The van der Waals surface area contributed by atoms with Crippen molar-refractivity contribution in [2.45, 2.75) is 12.5 Å². The van der Waals surface area contributed by atoms with Gasteiger partial charge < -0.3 is 5.32 Å². The van der Waals surface area contributed by atoms with Gasteiger partial charge in [-0.2, -0.15) is 0 Å². The van der Waals surface area contributed by atoms with Crippen molar-refractivity contribution in [2.24, 2.45) is 5.92 Å². The van der Waals surface area contributed by atoms with Crippen molar-refractivity contribution in [1.82, 2.24) is 5.32 Å². The molecule has 2 atom stereocenters. The van der Waals surface area contributed by atoms with Gasteiger partial charge in [-0.3, -0.25) is 0 Å². The van der Waals surface area contributed by atoms with Gasteiger partial charge in [-0.05, 0) is 18.9 Å². The Morgan fingerprint density at radius 2 is 2.22 bits per heavy atom. The van der Waals surface area contributed by atoms with Crippen LogP contribution in [0.25, 0.3) is 0 Å². The summed E-state index contributed by atoms with van der Waals surface area (Å²) < 4.78 is 0. The lowest BCUT2D eigenvalue weighted by atomic mass is 10.0. The second-order valence-corrected chi connectivity index (χ2v) is 2.40. The van der Waals surface area contributed by atoms with E-state index >= 15 is 0 Å². The first-order chi connectivity index (χ1) is 4.38. The molecule has 1 heterocycles. The van der Waals surface area contributed by atoms with Crippen LogP contribution in [0.4, 0.5) is 0 Å². The van der Waals surface area contributed by atoms with E-state index in [4.69, 9.17) is 0 Å². The zero-order valence-electron chi connectivity index (χ0n) is 5.64. The maximum Gasteiger partial charge on any atom is 0.0310 e. The smallest absolute Gasteiger partial charge is 0.0310 e. The maximum absolute atomic E-state index is 3.75. The molecule has 2 unspecified atom stereocenters. The second kappa shape index (κ2) is 2.83. The zero-order valence-corrected chi connectivity index (χ0v) is 5.64. The number of nitrogens with one attached hydrogen (secondary N) is 1. The van der Waals surface area contributed by atoms with E-state index in [0.717, 1.165) is 6.54 Å². The van der Waals surface area contributed by atoms with Crippen LogP contribution < -0.4 is 5.32 Å². The van der Waals surface area contributed by atoms with Crippen molar-refractivity contribution in [3.63, 3.8) is 0 Å². The number of rotatable bonds is 2. The number of hydrogen-bond donors (Lipinski definition) is 1. The highest BCUT2D eigenvalue weighted by Crippen LogP contribution is 2.16.